The van der Waals surface area contributed by atoms with E-state index < -0.39 is 18.2 Å². The first kappa shape index (κ1) is 23.1. The number of pyridine rings is 1. The number of anilines is 2. The van der Waals surface area contributed by atoms with Gasteiger partial charge in [-0.15, -0.1) is 0 Å². The number of aliphatic hydroxyl groups is 2. The second-order valence-electron chi connectivity index (χ2n) is 8.41. The van der Waals surface area contributed by atoms with Crippen LogP contribution in [-0.4, -0.2) is 31.5 Å². The summed E-state index contributed by atoms with van der Waals surface area (Å²) in [6.07, 6.45) is 3.25. The Balaban J connectivity index is 1.35. The predicted octanol–water partition coefficient (Wildman–Crippen LogP) is 5.28. The average Bonchev–Trinajstić information content (AvgIpc) is 2.80. The Labute approximate surface area is 189 Å². The molecule has 4 rings (SSSR count). The fourth-order valence-corrected chi connectivity index (χ4v) is 4.28. The summed E-state index contributed by atoms with van der Waals surface area (Å²) in [5, 5.41) is 21.2. The van der Waals surface area contributed by atoms with Crippen LogP contribution < -0.4 is 5.32 Å². The van der Waals surface area contributed by atoms with E-state index >= 15 is 0 Å². The molecule has 3 N–H and O–H groups in total. The van der Waals surface area contributed by atoms with Crippen molar-refractivity contribution >= 4 is 11.6 Å². The second kappa shape index (κ2) is 9.84. The second-order valence-corrected chi connectivity index (χ2v) is 8.41. The van der Waals surface area contributed by atoms with Crippen LogP contribution >= 0.6 is 0 Å². The number of halogens is 3. The quantitative estimate of drug-likeness (QED) is 0.436. The van der Waals surface area contributed by atoms with Gasteiger partial charge in [-0.2, -0.15) is 13.2 Å². The molecule has 2 heterocycles. The van der Waals surface area contributed by atoms with Crippen molar-refractivity contribution in [2.45, 2.75) is 50.5 Å². The molecule has 2 aromatic heterocycles. The smallest absolute Gasteiger partial charge is 0.368 e. The summed E-state index contributed by atoms with van der Waals surface area (Å²) < 4.78 is 37.8. The number of alkyl halides is 3. The van der Waals surface area contributed by atoms with E-state index in [4.69, 9.17) is 10.2 Å². The average molecular weight is 458 g/mol. The molecule has 0 amide bonds. The molecule has 0 spiro atoms. The van der Waals surface area contributed by atoms with E-state index in [0.29, 0.717) is 23.9 Å². The Hall–Kier alpha value is -3.04. The van der Waals surface area contributed by atoms with Crippen molar-refractivity contribution in [2.24, 2.45) is 5.92 Å². The van der Waals surface area contributed by atoms with Crippen molar-refractivity contribution < 1.29 is 23.4 Å². The van der Waals surface area contributed by atoms with E-state index in [1.54, 1.807) is 12.4 Å². The standard InChI is InChI=1S/C24H25F3N4O2/c25-24(26,27)21-10-9-20(14-28-21)31-23-29-12-19(13-30-23)18-7-5-17(6-8-18)16-3-1-15(2-4-16)11-22(32)33/h5-10,12-16,22,32-33H,1-4,11H2,(H,29,30,31)/t15-,16-. The third-order valence-corrected chi connectivity index (χ3v) is 6.07. The molecule has 1 fully saturated rings. The zero-order valence-corrected chi connectivity index (χ0v) is 17.8. The Morgan fingerprint density at radius 2 is 1.52 bits per heavy atom. The summed E-state index contributed by atoms with van der Waals surface area (Å²) in [4.78, 5) is 11.9. The molecule has 1 aromatic carbocycles. The van der Waals surface area contributed by atoms with Crippen molar-refractivity contribution in [3.63, 3.8) is 0 Å². The first-order valence-electron chi connectivity index (χ1n) is 10.9. The minimum atomic E-state index is -4.48. The van der Waals surface area contributed by atoms with Crippen LogP contribution in [0.15, 0.2) is 55.0 Å². The molecule has 0 atom stereocenters. The fourth-order valence-electron chi connectivity index (χ4n) is 4.28. The molecule has 1 aliphatic rings. The minimum Gasteiger partial charge on any atom is -0.368 e. The summed E-state index contributed by atoms with van der Waals surface area (Å²) in [6, 6.07) is 10.5. The van der Waals surface area contributed by atoms with Gasteiger partial charge in [0.2, 0.25) is 5.95 Å². The first-order chi connectivity index (χ1) is 15.8. The van der Waals surface area contributed by atoms with Gasteiger partial charge in [0.25, 0.3) is 0 Å². The van der Waals surface area contributed by atoms with Gasteiger partial charge in [0.15, 0.2) is 6.29 Å². The van der Waals surface area contributed by atoms with Crippen molar-refractivity contribution in [2.75, 3.05) is 5.32 Å². The topological polar surface area (TPSA) is 91.2 Å². The molecule has 9 heteroatoms. The van der Waals surface area contributed by atoms with Crippen molar-refractivity contribution in [3.05, 3.63) is 66.2 Å². The molecule has 0 aliphatic heterocycles. The third kappa shape index (κ3) is 6.06. The van der Waals surface area contributed by atoms with Crippen LogP contribution in [0.3, 0.4) is 0 Å². The van der Waals surface area contributed by atoms with E-state index in [0.717, 1.165) is 49.1 Å². The van der Waals surface area contributed by atoms with E-state index in [1.807, 2.05) is 12.1 Å². The van der Waals surface area contributed by atoms with Crippen LogP contribution in [0.5, 0.6) is 0 Å². The lowest BCUT2D eigenvalue weighted by molar-refractivity contribution is -0.141. The molecule has 0 radical (unpaired) electrons. The Kier molecular flexibility index (Phi) is 6.90. The lowest BCUT2D eigenvalue weighted by atomic mass is 9.77. The molecular weight excluding hydrogens is 433 g/mol. The van der Waals surface area contributed by atoms with Gasteiger partial charge in [0.1, 0.15) is 5.69 Å². The Morgan fingerprint density at radius 1 is 0.848 bits per heavy atom. The zero-order valence-electron chi connectivity index (χ0n) is 17.8. The zero-order chi connectivity index (χ0) is 23.4. The molecule has 6 nitrogen and oxygen atoms in total. The molecule has 0 unspecified atom stereocenters. The van der Waals surface area contributed by atoms with Crippen molar-refractivity contribution in [1.82, 2.24) is 15.0 Å². The molecular formula is C24H25F3N4O2. The van der Waals surface area contributed by atoms with Crippen molar-refractivity contribution in [3.8, 4) is 11.1 Å². The number of aromatic nitrogens is 3. The highest BCUT2D eigenvalue weighted by atomic mass is 19.4. The van der Waals surface area contributed by atoms with Crippen LogP contribution in [0.4, 0.5) is 24.8 Å². The summed E-state index contributed by atoms with van der Waals surface area (Å²) in [7, 11) is 0. The number of benzene rings is 1. The SMILES string of the molecule is OC(O)C[C@H]1CC[C@H](c2ccc(-c3cnc(Nc4ccc(C(F)(F)F)nc4)nc3)cc2)CC1. The summed E-state index contributed by atoms with van der Waals surface area (Å²) >= 11 is 0. The van der Waals surface area contributed by atoms with Crippen LogP contribution in [0, 0.1) is 5.92 Å². The predicted molar refractivity (Wildman–Crippen MR) is 118 cm³/mol. The highest BCUT2D eigenvalue weighted by Crippen LogP contribution is 2.38. The van der Waals surface area contributed by atoms with E-state index in [9.17, 15) is 13.2 Å². The van der Waals surface area contributed by atoms with E-state index in [2.05, 4.69) is 32.4 Å². The summed E-state index contributed by atoms with van der Waals surface area (Å²) in [6.45, 7) is 0. The normalized spacial score (nSPS) is 19.0. The number of hydrogen-bond donors (Lipinski definition) is 3. The van der Waals surface area contributed by atoms with Crippen LogP contribution in [0.1, 0.15) is 49.3 Å². The largest absolute Gasteiger partial charge is 0.433 e. The molecule has 0 bridgehead atoms. The fraction of sp³-hybridized carbons (Fsp3) is 0.375. The van der Waals surface area contributed by atoms with Gasteiger partial charge in [0, 0.05) is 24.4 Å². The third-order valence-electron chi connectivity index (χ3n) is 6.07. The number of aliphatic hydroxyl groups excluding tert-OH is 1. The van der Waals surface area contributed by atoms with Crippen LogP contribution in [0.25, 0.3) is 11.1 Å². The Morgan fingerprint density at radius 3 is 2.06 bits per heavy atom. The summed E-state index contributed by atoms with van der Waals surface area (Å²) in [5.41, 5.74) is 2.49. The van der Waals surface area contributed by atoms with Gasteiger partial charge in [-0.25, -0.2) is 15.0 Å². The summed E-state index contributed by atoms with van der Waals surface area (Å²) in [5.74, 6) is 1.12. The molecule has 1 saturated carbocycles. The lowest BCUT2D eigenvalue weighted by Gasteiger charge is -2.29. The lowest BCUT2D eigenvalue weighted by Crippen LogP contribution is -2.18. The highest BCUT2D eigenvalue weighted by molar-refractivity contribution is 5.63. The Bertz CT molecular complexity index is 1030. The molecule has 1 aliphatic carbocycles. The van der Waals surface area contributed by atoms with Crippen LogP contribution in [0.2, 0.25) is 0 Å². The van der Waals surface area contributed by atoms with Gasteiger partial charge >= 0.3 is 6.18 Å². The van der Waals surface area contributed by atoms with Gasteiger partial charge < -0.3 is 15.5 Å². The highest BCUT2D eigenvalue weighted by Gasteiger charge is 2.32. The van der Waals surface area contributed by atoms with E-state index in [1.165, 1.54) is 11.6 Å². The minimum absolute atomic E-state index is 0.265. The maximum atomic E-state index is 12.6. The molecule has 0 saturated heterocycles. The number of nitrogens with zero attached hydrogens (tertiary/aromatic N) is 3. The van der Waals surface area contributed by atoms with Crippen LogP contribution in [-0.2, 0) is 6.18 Å². The monoisotopic (exact) mass is 458 g/mol. The van der Waals surface area contributed by atoms with Gasteiger partial charge in [-0.1, -0.05) is 24.3 Å². The van der Waals surface area contributed by atoms with Gasteiger partial charge in [-0.3, -0.25) is 0 Å². The molecule has 174 valence electrons. The number of nitrogens with one attached hydrogen (secondary N) is 1. The number of rotatable bonds is 6. The van der Waals surface area contributed by atoms with Gasteiger partial charge in [0.05, 0.1) is 11.9 Å². The molecule has 33 heavy (non-hydrogen) atoms. The maximum absolute atomic E-state index is 12.6. The molecule has 3 aromatic rings. The maximum Gasteiger partial charge on any atom is 0.433 e. The van der Waals surface area contributed by atoms with E-state index in [-0.39, 0.29) is 5.95 Å². The number of hydrogen-bond acceptors (Lipinski definition) is 6. The van der Waals surface area contributed by atoms with Crippen molar-refractivity contribution in [1.29, 1.82) is 0 Å². The van der Waals surface area contributed by atoms with Gasteiger partial charge in [-0.05, 0) is 60.8 Å². The first-order valence-corrected chi connectivity index (χ1v) is 10.9.